The van der Waals surface area contributed by atoms with Crippen LogP contribution < -0.4 is 5.32 Å². The summed E-state index contributed by atoms with van der Waals surface area (Å²) >= 11 is 0. The number of benzene rings is 2. The summed E-state index contributed by atoms with van der Waals surface area (Å²) < 4.78 is 5.03. The SMILES string of the molecule is CC(CN1CCC(CCCc2c[nH]c3ccc(CC4COC(=O)N4)cc23)CC1)c1ccccc1. The van der Waals surface area contributed by atoms with Crippen molar-refractivity contribution in [2.24, 2.45) is 5.92 Å². The molecule has 2 atom stereocenters. The van der Waals surface area contributed by atoms with E-state index in [1.807, 2.05) is 0 Å². The molecule has 2 saturated heterocycles. The molecule has 0 saturated carbocycles. The highest BCUT2D eigenvalue weighted by molar-refractivity contribution is 5.84. The van der Waals surface area contributed by atoms with Crippen molar-refractivity contribution in [3.05, 3.63) is 71.4 Å². The molecule has 1 aromatic heterocycles. The average Bonchev–Trinajstić information content (AvgIpc) is 3.46. The Hall–Kier alpha value is -2.79. The van der Waals surface area contributed by atoms with Gasteiger partial charge in [0, 0.05) is 23.6 Å². The Morgan fingerprint density at radius 3 is 2.71 bits per heavy atom. The molecule has 5 rings (SSSR count). The Balaban J connectivity index is 1.08. The van der Waals surface area contributed by atoms with E-state index >= 15 is 0 Å². The van der Waals surface area contributed by atoms with Gasteiger partial charge in [0.15, 0.2) is 0 Å². The average molecular weight is 460 g/mol. The summed E-state index contributed by atoms with van der Waals surface area (Å²) in [5.74, 6) is 1.46. The Labute approximate surface area is 202 Å². The molecule has 5 heteroatoms. The van der Waals surface area contributed by atoms with Crippen LogP contribution in [0.15, 0.2) is 54.7 Å². The van der Waals surface area contributed by atoms with Crippen LogP contribution in [-0.2, 0) is 17.6 Å². The van der Waals surface area contributed by atoms with Gasteiger partial charge in [0.05, 0.1) is 6.04 Å². The Kier molecular flexibility index (Phi) is 7.19. The zero-order chi connectivity index (χ0) is 23.3. The number of likely N-dealkylation sites (tertiary alicyclic amines) is 1. The molecule has 2 unspecified atom stereocenters. The number of cyclic esters (lactones) is 1. The number of amides is 1. The lowest BCUT2D eigenvalue weighted by Crippen LogP contribution is -2.36. The van der Waals surface area contributed by atoms with Gasteiger partial charge in [-0.25, -0.2) is 4.79 Å². The lowest BCUT2D eigenvalue weighted by molar-refractivity contribution is 0.171. The molecule has 3 heterocycles. The number of piperidine rings is 1. The highest BCUT2D eigenvalue weighted by atomic mass is 16.6. The molecule has 2 aliphatic heterocycles. The van der Waals surface area contributed by atoms with Crippen LogP contribution in [0, 0.1) is 5.92 Å². The molecule has 0 radical (unpaired) electrons. The van der Waals surface area contributed by atoms with Gasteiger partial charge in [-0.1, -0.05) is 49.7 Å². The van der Waals surface area contributed by atoms with E-state index in [-0.39, 0.29) is 12.1 Å². The van der Waals surface area contributed by atoms with Crippen LogP contribution in [0.3, 0.4) is 0 Å². The third-order valence-electron chi connectivity index (χ3n) is 7.72. The summed E-state index contributed by atoms with van der Waals surface area (Å²) in [6.07, 6.45) is 9.04. The fourth-order valence-electron chi connectivity index (χ4n) is 5.69. The monoisotopic (exact) mass is 459 g/mol. The molecule has 3 aromatic rings. The fourth-order valence-corrected chi connectivity index (χ4v) is 5.69. The van der Waals surface area contributed by atoms with Crippen LogP contribution in [0.1, 0.15) is 55.2 Å². The van der Waals surface area contributed by atoms with Crippen molar-refractivity contribution in [2.75, 3.05) is 26.2 Å². The van der Waals surface area contributed by atoms with E-state index < -0.39 is 0 Å². The highest BCUT2D eigenvalue weighted by Gasteiger charge is 2.23. The van der Waals surface area contributed by atoms with Gasteiger partial charge in [-0.05, 0) is 85.9 Å². The van der Waals surface area contributed by atoms with Crippen molar-refractivity contribution >= 4 is 17.0 Å². The lowest BCUT2D eigenvalue weighted by Gasteiger charge is -2.33. The van der Waals surface area contributed by atoms with E-state index in [1.165, 1.54) is 72.9 Å². The van der Waals surface area contributed by atoms with Crippen LogP contribution in [0.25, 0.3) is 10.9 Å². The van der Waals surface area contributed by atoms with E-state index in [4.69, 9.17) is 4.74 Å². The maximum Gasteiger partial charge on any atom is 0.407 e. The molecule has 2 aliphatic rings. The first-order valence-electron chi connectivity index (χ1n) is 12.9. The van der Waals surface area contributed by atoms with Crippen LogP contribution in [-0.4, -0.2) is 48.3 Å². The molecule has 2 fully saturated rings. The zero-order valence-corrected chi connectivity index (χ0v) is 20.3. The van der Waals surface area contributed by atoms with Crippen molar-refractivity contribution in [1.29, 1.82) is 0 Å². The number of hydrogen-bond acceptors (Lipinski definition) is 3. The van der Waals surface area contributed by atoms with Crippen molar-refractivity contribution in [1.82, 2.24) is 15.2 Å². The van der Waals surface area contributed by atoms with Gasteiger partial charge in [0.25, 0.3) is 0 Å². The molecule has 0 bridgehead atoms. The highest BCUT2D eigenvalue weighted by Crippen LogP contribution is 2.27. The second-order valence-electron chi connectivity index (χ2n) is 10.3. The van der Waals surface area contributed by atoms with Gasteiger partial charge in [-0.15, -0.1) is 0 Å². The summed E-state index contributed by atoms with van der Waals surface area (Å²) in [4.78, 5) is 17.4. The summed E-state index contributed by atoms with van der Waals surface area (Å²) in [5.41, 5.74) is 5.32. The van der Waals surface area contributed by atoms with Gasteiger partial charge in [0.2, 0.25) is 0 Å². The topological polar surface area (TPSA) is 57.4 Å². The summed E-state index contributed by atoms with van der Waals surface area (Å²) in [6.45, 7) is 6.46. The van der Waals surface area contributed by atoms with Crippen LogP contribution in [0.2, 0.25) is 0 Å². The smallest absolute Gasteiger partial charge is 0.407 e. The number of carbonyl (C=O) groups is 1. The standard InChI is InChI=1S/C29H37N3O2/c1-21(24-7-3-2-4-8-24)19-32-14-12-22(13-15-32)6-5-9-25-18-30-28-11-10-23(17-27(25)28)16-26-20-34-29(33)31-26/h2-4,7-8,10-11,17-18,21-22,26,30H,5-6,9,12-16,19-20H2,1H3,(H,31,33). The van der Waals surface area contributed by atoms with E-state index in [0.717, 1.165) is 18.8 Å². The minimum Gasteiger partial charge on any atom is -0.447 e. The van der Waals surface area contributed by atoms with Crippen molar-refractivity contribution in [3.8, 4) is 0 Å². The quantitative estimate of drug-likeness (QED) is 0.434. The number of alkyl carbamates (subject to hydrolysis) is 1. The molecule has 5 nitrogen and oxygen atoms in total. The van der Waals surface area contributed by atoms with Gasteiger partial charge in [-0.2, -0.15) is 0 Å². The van der Waals surface area contributed by atoms with Gasteiger partial charge >= 0.3 is 6.09 Å². The zero-order valence-electron chi connectivity index (χ0n) is 20.3. The van der Waals surface area contributed by atoms with Crippen LogP contribution >= 0.6 is 0 Å². The minimum absolute atomic E-state index is 0.0777. The molecule has 34 heavy (non-hydrogen) atoms. The lowest BCUT2D eigenvalue weighted by atomic mass is 9.90. The molecule has 180 valence electrons. The van der Waals surface area contributed by atoms with Crippen LogP contribution in [0.4, 0.5) is 4.79 Å². The van der Waals surface area contributed by atoms with E-state index in [9.17, 15) is 4.79 Å². The second-order valence-corrected chi connectivity index (χ2v) is 10.3. The van der Waals surface area contributed by atoms with Gasteiger partial charge in [-0.3, -0.25) is 0 Å². The predicted molar refractivity (Wildman–Crippen MR) is 137 cm³/mol. The van der Waals surface area contributed by atoms with Gasteiger partial charge in [0.1, 0.15) is 6.61 Å². The summed E-state index contributed by atoms with van der Waals surface area (Å²) in [5, 5.41) is 4.21. The Morgan fingerprint density at radius 2 is 1.94 bits per heavy atom. The molecule has 2 N–H and O–H groups in total. The largest absolute Gasteiger partial charge is 0.447 e. The number of nitrogens with zero attached hydrogens (tertiary/aromatic N) is 1. The second kappa shape index (κ2) is 10.6. The number of aromatic nitrogens is 1. The molecule has 0 aliphatic carbocycles. The molecule has 2 aromatic carbocycles. The van der Waals surface area contributed by atoms with Crippen LogP contribution in [0.5, 0.6) is 0 Å². The number of fused-ring (bicyclic) bond motifs is 1. The van der Waals surface area contributed by atoms with E-state index in [1.54, 1.807) is 0 Å². The number of nitrogens with one attached hydrogen (secondary N) is 2. The Bertz CT molecular complexity index is 1090. The third kappa shape index (κ3) is 5.64. The first kappa shape index (κ1) is 23.0. The summed E-state index contributed by atoms with van der Waals surface area (Å²) in [7, 11) is 0. The number of H-pyrrole nitrogens is 1. The van der Waals surface area contributed by atoms with Crippen molar-refractivity contribution in [3.63, 3.8) is 0 Å². The molecular weight excluding hydrogens is 422 g/mol. The predicted octanol–water partition coefficient (Wildman–Crippen LogP) is 5.66. The molecular formula is C29H37N3O2. The normalized spacial score (nSPS) is 20.4. The first-order valence-corrected chi connectivity index (χ1v) is 12.9. The number of ether oxygens (including phenoxy) is 1. The maximum absolute atomic E-state index is 11.3. The summed E-state index contributed by atoms with van der Waals surface area (Å²) in [6, 6.07) is 17.6. The van der Waals surface area contributed by atoms with E-state index in [0.29, 0.717) is 12.5 Å². The number of carbonyl (C=O) groups excluding carboxylic acids is 1. The number of aromatic amines is 1. The number of rotatable bonds is 9. The number of hydrogen-bond donors (Lipinski definition) is 2. The van der Waals surface area contributed by atoms with Crippen molar-refractivity contribution < 1.29 is 9.53 Å². The third-order valence-corrected chi connectivity index (χ3v) is 7.72. The van der Waals surface area contributed by atoms with Crippen molar-refractivity contribution in [2.45, 2.75) is 57.4 Å². The maximum atomic E-state index is 11.3. The fraction of sp³-hybridized carbons (Fsp3) is 0.483. The van der Waals surface area contributed by atoms with E-state index in [2.05, 4.69) is 76.9 Å². The Morgan fingerprint density at radius 1 is 1.12 bits per heavy atom. The van der Waals surface area contributed by atoms with Gasteiger partial charge < -0.3 is 19.9 Å². The molecule has 0 spiro atoms. The number of aryl methyl sites for hydroxylation is 1. The molecule has 1 amide bonds. The minimum atomic E-state index is -0.301. The first-order chi connectivity index (χ1) is 16.6.